The molecule has 1 aliphatic heterocycles. The lowest BCUT2D eigenvalue weighted by molar-refractivity contribution is -0.135. The van der Waals surface area contributed by atoms with Crippen LogP contribution < -0.4 is 16.0 Å². The highest BCUT2D eigenvalue weighted by molar-refractivity contribution is 6.32. The normalized spacial score (nSPS) is 17.2. The van der Waals surface area contributed by atoms with Crippen molar-refractivity contribution < 1.29 is 14.4 Å². The van der Waals surface area contributed by atoms with Gasteiger partial charge in [0, 0.05) is 23.2 Å². The van der Waals surface area contributed by atoms with Crippen LogP contribution in [-0.4, -0.2) is 36.6 Å². The number of nitrogens with zero attached hydrogens (tertiary/aromatic N) is 2. The van der Waals surface area contributed by atoms with Crippen molar-refractivity contribution >= 4 is 40.7 Å². The minimum Gasteiger partial charge on any atom is -0.369 e. The monoisotopic (exact) mass is 494 g/mol. The van der Waals surface area contributed by atoms with E-state index in [0.29, 0.717) is 28.4 Å². The number of amides is 3. The highest BCUT2D eigenvalue weighted by Gasteiger charge is 2.36. The Morgan fingerprint density at radius 3 is 2.49 bits per heavy atom. The van der Waals surface area contributed by atoms with E-state index in [0.717, 1.165) is 5.56 Å². The first kappa shape index (κ1) is 26.2. The summed E-state index contributed by atoms with van der Waals surface area (Å²) in [4.78, 5) is 45.3. The van der Waals surface area contributed by atoms with Crippen molar-refractivity contribution in [2.24, 2.45) is 28.5 Å². The molecular weight excluding hydrogens is 464 g/mol. The third-order valence-corrected chi connectivity index (χ3v) is 6.29. The number of halogens is 1. The van der Waals surface area contributed by atoms with Gasteiger partial charge >= 0.3 is 0 Å². The molecule has 1 heterocycles. The number of nitrogens with one attached hydrogen (secondary N) is 1. The fourth-order valence-corrected chi connectivity index (χ4v) is 4.50. The Kier molecular flexibility index (Phi) is 8.46. The minimum atomic E-state index is -1.19. The Labute approximate surface area is 211 Å². The highest BCUT2D eigenvalue weighted by atomic mass is 35.5. The third-order valence-electron chi connectivity index (χ3n) is 6.06. The van der Waals surface area contributed by atoms with Gasteiger partial charge in [-0.25, -0.2) is 4.99 Å². The van der Waals surface area contributed by atoms with Crippen LogP contribution >= 0.6 is 11.6 Å². The van der Waals surface area contributed by atoms with Crippen molar-refractivity contribution in [1.82, 2.24) is 5.32 Å². The Morgan fingerprint density at radius 2 is 1.89 bits per heavy atom. The lowest BCUT2D eigenvalue weighted by Gasteiger charge is -2.27. The number of hydrogen-bond acceptors (Lipinski definition) is 4. The quantitative estimate of drug-likeness (QED) is 0.516. The van der Waals surface area contributed by atoms with Gasteiger partial charge in [-0.1, -0.05) is 61.9 Å². The zero-order valence-electron chi connectivity index (χ0n) is 20.2. The molecule has 0 bridgehead atoms. The molecular formula is C27H31ClN4O3. The lowest BCUT2D eigenvalue weighted by atomic mass is 9.82. The largest absolute Gasteiger partial charge is 0.369 e. The second-order valence-corrected chi connectivity index (χ2v) is 9.52. The lowest BCUT2D eigenvalue weighted by Crippen LogP contribution is -2.50. The number of likely N-dealkylation sites (N-methyl/N-ethyl adjacent to an activating group) is 1. The predicted molar refractivity (Wildman–Crippen MR) is 139 cm³/mol. The van der Waals surface area contributed by atoms with E-state index in [1.165, 1.54) is 4.90 Å². The molecule has 0 radical (unpaired) electrons. The van der Waals surface area contributed by atoms with Gasteiger partial charge < -0.3 is 16.0 Å². The molecule has 2 aromatic rings. The summed E-state index contributed by atoms with van der Waals surface area (Å²) < 4.78 is 0. The van der Waals surface area contributed by atoms with Crippen LogP contribution in [-0.2, 0) is 14.4 Å². The molecule has 1 aliphatic rings. The number of hydrogen-bond donors (Lipinski definition) is 2. The number of fused-ring (bicyclic) bond motifs is 1. The van der Waals surface area contributed by atoms with Gasteiger partial charge in [0.1, 0.15) is 0 Å². The molecule has 2 aromatic carbocycles. The Balaban J connectivity index is 2.06. The minimum absolute atomic E-state index is 0.125. The summed E-state index contributed by atoms with van der Waals surface area (Å²) in [6, 6.07) is 14.6. The average molecular weight is 495 g/mol. The van der Waals surface area contributed by atoms with Crippen LogP contribution in [0.1, 0.15) is 37.8 Å². The summed E-state index contributed by atoms with van der Waals surface area (Å²) in [5.41, 5.74) is 8.24. The van der Waals surface area contributed by atoms with E-state index in [1.807, 2.05) is 44.2 Å². The van der Waals surface area contributed by atoms with Crippen molar-refractivity contribution in [2.45, 2.75) is 32.9 Å². The van der Waals surface area contributed by atoms with E-state index < -0.39 is 35.7 Å². The Morgan fingerprint density at radius 1 is 1.20 bits per heavy atom. The van der Waals surface area contributed by atoms with E-state index in [4.69, 9.17) is 22.3 Å². The van der Waals surface area contributed by atoms with E-state index >= 15 is 0 Å². The number of rotatable bonds is 9. The second kappa shape index (κ2) is 11.3. The van der Waals surface area contributed by atoms with E-state index in [1.54, 1.807) is 31.3 Å². The first-order valence-corrected chi connectivity index (χ1v) is 11.9. The smallest absolute Gasteiger partial charge is 0.272 e. The van der Waals surface area contributed by atoms with Gasteiger partial charge in [0.15, 0.2) is 0 Å². The topological polar surface area (TPSA) is 105 Å². The number of anilines is 1. The first-order chi connectivity index (χ1) is 16.6. The summed E-state index contributed by atoms with van der Waals surface area (Å²) in [5.74, 6) is -2.77. The summed E-state index contributed by atoms with van der Waals surface area (Å²) in [5, 5.41) is 3.30. The van der Waals surface area contributed by atoms with Gasteiger partial charge in [-0.3, -0.25) is 14.4 Å². The number of nitrogens with two attached hydrogens (primary N) is 1. The molecule has 8 heteroatoms. The maximum Gasteiger partial charge on any atom is 0.272 e. The molecule has 0 saturated heterocycles. The number of allylic oxidation sites excluding steroid dienone is 1. The highest BCUT2D eigenvalue weighted by Crippen LogP contribution is 2.30. The molecule has 3 unspecified atom stereocenters. The molecule has 0 aromatic heterocycles. The van der Waals surface area contributed by atoms with Crippen LogP contribution in [0.2, 0.25) is 5.02 Å². The summed E-state index contributed by atoms with van der Waals surface area (Å²) in [6.07, 6.45) is 1.07. The number of primary amides is 1. The van der Waals surface area contributed by atoms with Gasteiger partial charge in [0.05, 0.1) is 23.2 Å². The van der Waals surface area contributed by atoms with Crippen LogP contribution in [0.5, 0.6) is 0 Å². The number of benzodiazepines with no additional fused rings is 1. The Bertz CT molecular complexity index is 1150. The van der Waals surface area contributed by atoms with Crippen molar-refractivity contribution in [3.05, 3.63) is 77.3 Å². The molecule has 3 rings (SSSR count). The number of aliphatic imine (C=N–C) groups is 1. The van der Waals surface area contributed by atoms with Crippen LogP contribution in [0.4, 0.5) is 5.69 Å². The zero-order valence-corrected chi connectivity index (χ0v) is 21.0. The van der Waals surface area contributed by atoms with Gasteiger partial charge in [0.2, 0.25) is 18.0 Å². The molecule has 0 saturated carbocycles. The summed E-state index contributed by atoms with van der Waals surface area (Å²) in [7, 11) is 1.63. The van der Waals surface area contributed by atoms with Crippen molar-refractivity contribution in [3.63, 3.8) is 0 Å². The maximum atomic E-state index is 13.5. The fraction of sp³-hybridized carbons (Fsp3) is 0.333. The van der Waals surface area contributed by atoms with Crippen molar-refractivity contribution in [3.8, 4) is 0 Å². The van der Waals surface area contributed by atoms with Crippen molar-refractivity contribution in [1.29, 1.82) is 0 Å². The van der Waals surface area contributed by atoms with Gasteiger partial charge in [-0.2, -0.15) is 0 Å². The number of carbonyl (C=O) groups excluding carboxylic acids is 3. The molecule has 0 fully saturated rings. The van der Waals surface area contributed by atoms with Crippen LogP contribution in [0, 0.1) is 17.8 Å². The van der Waals surface area contributed by atoms with Gasteiger partial charge in [0.25, 0.3) is 5.91 Å². The van der Waals surface area contributed by atoms with E-state index in [2.05, 4.69) is 11.9 Å². The molecule has 0 spiro atoms. The average Bonchev–Trinajstić information content (AvgIpc) is 2.91. The van der Waals surface area contributed by atoms with Crippen LogP contribution in [0.3, 0.4) is 0 Å². The summed E-state index contributed by atoms with van der Waals surface area (Å²) >= 11 is 6.29. The van der Waals surface area contributed by atoms with Crippen LogP contribution in [0.25, 0.3) is 0 Å². The second-order valence-electron chi connectivity index (χ2n) is 9.08. The fourth-order valence-electron chi connectivity index (χ4n) is 4.33. The predicted octanol–water partition coefficient (Wildman–Crippen LogP) is 3.94. The van der Waals surface area contributed by atoms with Gasteiger partial charge in [-0.15, -0.1) is 6.58 Å². The van der Waals surface area contributed by atoms with E-state index in [-0.39, 0.29) is 12.3 Å². The molecule has 3 amide bonds. The maximum absolute atomic E-state index is 13.5. The number of carbonyl (C=O) groups is 3. The van der Waals surface area contributed by atoms with Crippen molar-refractivity contribution in [2.75, 3.05) is 11.9 Å². The first-order valence-electron chi connectivity index (χ1n) is 11.5. The molecule has 0 aliphatic carbocycles. The molecule has 7 nitrogen and oxygen atoms in total. The molecule has 184 valence electrons. The standard InChI is InChI=1S/C27H31ClN4O3/c1-5-9-19(24(29)33)20(14-16(2)3)26(34)31-25-27(35)32(4)22-13-12-18(28)15-21(22)23(30-25)17-10-7-6-8-11-17/h5-8,10-13,15-16,19-20,25H,1,9,14H2,2-4H3,(H2,29,33)(H,31,34). The molecule has 3 atom stereocenters. The van der Waals surface area contributed by atoms with E-state index in [9.17, 15) is 14.4 Å². The molecule has 3 N–H and O–H groups in total. The SMILES string of the molecule is C=CCC(C(N)=O)C(CC(C)C)C(=O)NC1N=C(c2ccccc2)c2cc(Cl)ccc2N(C)C1=O. The van der Waals surface area contributed by atoms with Crippen LogP contribution in [0.15, 0.2) is 66.2 Å². The Hall–Kier alpha value is -3.45. The zero-order chi connectivity index (χ0) is 25.7. The number of benzene rings is 2. The summed E-state index contributed by atoms with van der Waals surface area (Å²) in [6.45, 7) is 7.62. The molecule has 35 heavy (non-hydrogen) atoms. The van der Waals surface area contributed by atoms with Gasteiger partial charge in [-0.05, 0) is 37.0 Å². The third kappa shape index (κ3) is 5.98.